The van der Waals surface area contributed by atoms with Crippen molar-refractivity contribution in [2.75, 3.05) is 11.1 Å². The zero-order valence-electron chi connectivity index (χ0n) is 19.3. The van der Waals surface area contributed by atoms with Crippen molar-refractivity contribution in [3.05, 3.63) is 70.4 Å². The summed E-state index contributed by atoms with van der Waals surface area (Å²) in [4.78, 5) is 26.1. The fourth-order valence-corrected chi connectivity index (χ4v) is 4.76. The van der Waals surface area contributed by atoms with Gasteiger partial charge in [0, 0.05) is 40.3 Å². The van der Waals surface area contributed by atoms with Gasteiger partial charge in [-0.1, -0.05) is 38.1 Å². The van der Waals surface area contributed by atoms with Crippen LogP contribution in [-0.2, 0) is 11.8 Å². The van der Waals surface area contributed by atoms with Crippen LogP contribution in [-0.4, -0.2) is 26.0 Å². The number of nitrogens with two attached hydrogens (primary N) is 1. The van der Waals surface area contributed by atoms with Crippen LogP contribution in [0.5, 0.6) is 0 Å². The van der Waals surface area contributed by atoms with E-state index >= 15 is 0 Å². The number of rotatable bonds is 4. The second-order valence-corrected chi connectivity index (χ2v) is 10.1. The standard InChI is InChI=1S/C25H24N6O2S/c1-13-5-6-15-16(7-8-27-18(15)9-14-10-19(33-31-14)25(2,3)4)20(13)30-24(32)17-11-34-22-21(17)28-12-29-23(22)26/h5-8,10-12H,9H2,1-4H3,(H,30,32)(H2,26,28,29). The minimum Gasteiger partial charge on any atom is -0.382 e. The molecule has 0 atom stereocenters. The fourth-order valence-electron chi connectivity index (χ4n) is 3.86. The maximum Gasteiger partial charge on any atom is 0.258 e. The summed E-state index contributed by atoms with van der Waals surface area (Å²) in [7, 11) is 0. The highest BCUT2D eigenvalue weighted by Crippen LogP contribution is 2.32. The Kier molecular flexibility index (Phi) is 5.28. The van der Waals surface area contributed by atoms with Gasteiger partial charge in [-0.2, -0.15) is 0 Å². The minimum absolute atomic E-state index is 0.118. The number of nitrogens with zero attached hydrogens (tertiary/aromatic N) is 4. The van der Waals surface area contributed by atoms with Gasteiger partial charge < -0.3 is 15.6 Å². The average molecular weight is 473 g/mol. The van der Waals surface area contributed by atoms with Crippen molar-refractivity contribution in [2.24, 2.45) is 0 Å². The largest absolute Gasteiger partial charge is 0.382 e. The van der Waals surface area contributed by atoms with E-state index in [1.165, 1.54) is 17.7 Å². The Balaban J connectivity index is 1.51. The van der Waals surface area contributed by atoms with Crippen molar-refractivity contribution in [1.29, 1.82) is 0 Å². The molecule has 4 aromatic heterocycles. The van der Waals surface area contributed by atoms with Gasteiger partial charge in [-0.3, -0.25) is 9.78 Å². The summed E-state index contributed by atoms with van der Waals surface area (Å²) >= 11 is 1.36. The average Bonchev–Trinajstić information content (AvgIpc) is 3.44. The second kappa shape index (κ2) is 8.18. The molecule has 0 saturated heterocycles. The highest BCUT2D eigenvalue weighted by molar-refractivity contribution is 7.18. The lowest BCUT2D eigenvalue weighted by molar-refractivity contribution is 0.102. The lowest BCUT2D eigenvalue weighted by atomic mass is 9.93. The zero-order valence-corrected chi connectivity index (χ0v) is 20.2. The molecule has 0 aliphatic rings. The van der Waals surface area contributed by atoms with Gasteiger partial charge >= 0.3 is 0 Å². The molecular weight excluding hydrogens is 448 g/mol. The number of hydrogen-bond acceptors (Lipinski definition) is 8. The van der Waals surface area contributed by atoms with Crippen LogP contribution in [0.25, 0.3) is 21.0 Å². The van der Waals surface area contributed by atoms with Crippen molar-refractivity contribution in [3.63, 3.8) is 0 Å². The Morgan fingerprint density at radius 3 is 2.74 bits per heavy atom. The molecule has 5 rings (SSSR count). The van der Waals surface area contributed by atoms with E-state index in [4.69, 9.17) is 10.3 Å². The number of fused-ring (bicyclic) bond motifs is 2. The number of nitrogens with one attached hydrogen (secondary N) is 1. The smallest absolute Gasteiger partial charge is 0.258 e. The maximum atomic E-state index is 13.2. The van der Waals surface area contributed by atoms with Gasteiger partial charge in [0.25, 0.3) is 5.91 Å². The Morgan fingerprint density at radius 2 is 1.97 bits per heavy atom. The first-order valence-corrected chi connectivity index (χ1v) is 11.7. The monoisotopic (exact) mass is 472 g/mol. The van der Waals surface area contributed by atoms with Gasteiger partial charge in [0.05, 0.1) is 32.9 Å². The number of aromatic nitrogens is 4. The van der Waals surface area contributed by atoms with Crippen LogP contribution in [0.15, 0.2) is 46.7 Å². The first-order valence-electron chi connectivity index (χ1n) is 10.8. The first-order chi connectivity index (χ1) is 16.2. The molecule has 0 radical (unpaired) electrons. The molecule has 0 spiro atoms. The normalized spacial score (nSPS) is 11.9. The van der Waals surface area contributed by atoms with E-state index in [-0.39, 0.29) is 11.3 Å². The van der Waals surface area contributed by atoms with Crippen molar-refractivity contribution in [1.82, 2.24) is 20.1 Å². The third-order valence-electron chi connectivity index (χ3n) is 5.75. The number of nitrogen functional groups attached to an aromatic ring is 1. The van der Waals surface area contributed by atoms with Crippen LogP contribution in [0.2, 0.25) is 0 Å². The molecule has 5 aromatic rings. The van der Waals surface area contributed by atoms with Crippen LogP contribution in [0.4, 0.5) is 11.5 Å². The number of thiophene rings is 1. The molecule has 34 heavy (non-hydrogen) atoms. The van der Waals surface area contributed by atoms with Crippen LogP contribution in [0, 0.1) is 6.92 Å². The first kappa shape index (κ1) is 22.0. The predicted molar refractivity (Wildman–Crippen MR) is 134 cm³/mol. The Bertz CT molecular complexity index is 1550. The molecule has 0 aliphatic carbocycles. The van der Waals surface area contributed by atoms with E-state index < -0.39 is 0 Å². The number of carbonyl (C=O) groups is 1. The van der Waals surface area contributed by atoms with Crippen molar-refractivity contribution < 1.29 is 9.32 Å². The van der Waals surface area contributed by atoms with Crippen LogP contribution in [0.1, 0.15) is 53.8 Å². The maximum absolute atomic E-state index is 13.2. The molecule has 0 aliphatic heterocycles. The van der Waals surface area contributed by atoms with E-state index in [0.717, 1.165) is 39.2 Å². The Hall–Kier alpha value is -3.85. The number of carbonyl (C=O) groups excluding carboxylic acids is 1. The summed E-state index contributed by atoms with van der Waals surface area (Å²) in [5.74, 6) is 0.956. The summed E-state index contributed by atoms with van der Waals surface area (Å²) in [5.41, 5.74) is 10.2. The molecule has 0 fully saturated rings. The van der Waals surface area contributed by atoms with Crippen molar-refractivity contribution in [3.8, 4) is 0 Å². The Morgan fingerprint density at radius 1 is 1.15 bits per heavy atom. The molecule has 8 nitrogen and oxygen atoms in total. The van der Waals surface area contributed by atoms with E-state index in [9.17, 15) is 4.79 Å². The second-order valence-electron chi connectivity index (χ2n) is 9.26. The highest BCUT2D eigenvalue weighted by atomic mass is 32.1. The van der Waals surface area contributed by atoms with E-state index in [1.807, 2.05) is 31.2 Å². The summed E-state index contributed by atoms with van der Waals surface area (Å²) in [6.07, 6.45) is 3.65. The lowest BCUT2D eigenvalue weighted by Gasteiger charge is -2.13. The molecule has 9 heteroatoms. The molecule has 1 aromatic carbocycles. The topological polar surface area (TPSA) is 120 Å². The fraction of sp³-hybridized carbons (Fsp3) is 0.240. The van der Waals surface area contributed by atoms with Crippen LogP contribution in [0.3, 0.4) is 0 Å². The zero-order chi connectivity index (χ0) is 24.0. The summed E-state index contributed by atoms with van der Waals surface area (Å²) in [6.45, 7) is 8.22. The quantitative estimate of drug-likeness (QED) is 0.366. The van der Waals surface area contributed by atoms with Gasteiger partial charge in [-0.05, 0) is 18.6 Å². The predicted octanol–water partition coefficient (Wildman–Crippen LogP) is 5.26. The van der Waals surface area contributed by atoms with Crippen molar-refractivity contribution in [2.45, 2.75) is 39.5 Å². The highest BCUT2D eigenvalue weighted by Gasteiger charge is 2.21. The van der Waals surface area contributed by atoms with Crippen LogP contribution < -0.4 is 11.1 Å². The molecular formula is C25H24N6O2S. The number of benzene rings is 1. The third kappa shape index (κ3) is 3.88. The number of hydrogen-bond donors (Lipinski definition) is 2. The van der Waals surface area contributed by atoms with E-state index in [2.05, 4.69) is 46.2 Å². The summed E-state index contributed by atoms with van der Waals surface area (Å²) in [6, 6.07) is 7.91. The van der Waals surface area contributed by atoms with E-state index in [0.29, 0.717) is 28.0 Å². The van der Waals surface area contributed by atoms with Gasteiger partial charge in [-0.15, -0.1) is 11.3 Å². The molecule has 0 bridgehead atoms. The summed E-state index contributed by atoms with van der Waals surface area (Å²) in [5, 5.41) is 10.9. The molecule has 172 valence electrons. The van der Waals surface area contributed by atoms with Gasteiger partial charge in [0.15, 0.2) is 0 Å². The molecule has 4 heterocycles. The van der Waals surface area contributed by atoms with Gasteiger partial charge in [0.2, 0.25) is 0 Å². The SMILES string of the molecule is Cc1ccc2c(Cc3cc(C(C)(C)C)on3)nccc2c1NC(=O)c1csc2c(N)ncnc12. The molecule has 0 saturated carbocycles. The third-order valence-corrected chi connectivity index (χ3v) is 6.74. The van der Waals surface area contributed by atoms with Gasteiger partial charge in [0.1, 0.15) is 17.9 Å². The summed E-state index contributed by atoms with van der Waals surface area (Å²) < 4.78 is 6.25. The van der Waals surface area contributed by atoms with E-state index in [1.54, 1.807) is 11.6 Å². The number of anilines is 2. The van der Waals surface area contributed by atoms with Gasteiger partial charge in [-0.25, -0.2) is 9.97 Å². The molecule has 1 amide bonds. The van der Waals surface area contributed by atoms with Crippen LogP contribution >= 0.6 is 11.3 Å². The number of aryl methyl sites for hydroxylation is 1. The number of amides is 1. The number of pyridine rings is 1. The van der Waals surface area contributed by atoms with Crippen molar-refractivity contribution >= 4 is 49.7 Å². The molecule has 0 unspecified atom stereocenters. The minimum atomic E-state index is -0.246. The molecule has 3 N–H and O–H groups in total. The Labute approximate surface area is 200 Å². The lowest BCUT2D eigenvalue weighted by Crippen LogP contribution is -2.13.